The summed E-state index contributed by atoms with van der Waals surface area (Å²) >= 11 is 0. The molecule has 2 aromatic carbocycles. The number of nitrogens with zero attached hydrogens (tertiary/aromatic N) is 1. The highest BCUT2D eigenvalue weighted by Crippen LogP contribution is 2.30. The first-order chi connectivity index (χ1) is 12.7. The number of methoxy groups -OCH3 is 2. The van der Waals surface area contributed by atoms with Gasteiger partial charge in [0.25, 0.3) is 5.91 Å². The highest BCUT2D eigenvalue weighted by molar-refractivity contribution is 6.07. The van der Waals surface area contributed by atoms with E-state index in [1.165, 1.54) is 19.8 Å². The molecule has 0 aliphatic heterocycles. The molecular weight excluding hydrogens is 332 g/mol. The maximum atomic E-state index is 12.6. The van der Waals surface area contributed by atoms with E-state index in [0.717, 1.165) is 12.0 Å². The normalized spacial score (nSPS) is 10.4. The second-order valence-corrected chi connectivity index (χ2v) is 5.62. The molecule has 0 aliphatic carbocycles. The van der Waals surface area contributed by atoms with Crippen LogP contribution in [-0.4, -0.2) is 25.3 Å². The molecule has 3 rings (SSSR count). The molecule has 0 spiro atoms. The lowest BCUT2D eigenvalue weighted by Crippen LogP contribution is -2.14. The Labute approximate surface area is 151 Å². The number of aryl methyl sites for hydroxylation is 1. The molecule has 0 bridgehead atoms. The topological polar surface area (TPSA) is 73.6 Å². The summed E-state index contributed by atoms with van der Waals surface area (Å²) in [7, 11) is 3.00. The molecule has 3 aromatic rings. The van der Waals surface area contributed by atoms with Crippen LogP contribution in [0.4, 0.5) is 5.88 Å². The van der Waals surface area contributed by atoms with Crippen molar-refractivity contribution in [3.8, 4) is 22.8 Å². The lowest BCUT2D eigenvalue weighted by Gasteiger charge is -2.11. The van der Waals surface area contributed by atoms with Gasteiger partial charge in [-0.15, -0.1) is 0 Å². The van der Waals surface area contributed by atoms with Crippen LogP contribution in [0.15, 0.2) is 53.1 Å². The third-order valence-corrected chi connectivity index (χ3v) is 4.06. The Morgan fingerprint density at radius 1 is 1.08 bits per heavy atom. The van der Waals surface area contributed by atoms with Crippen molar-refractivity contribution in [1.29, 1.82) is 0 Å². The first-order valence-electron chi connectivity index (χ1n) is 8.24. The van der Waals surface area contributed by atoms with Gasteiger partial charge < -0.3 is 14.0 Å². The lowest BCUT2D eigenvalue weighted by molar-refractivity contribution is 0.101. The predicted octanol–water partition coefficient (Wildman–Crippen LogP) is 4.17. The number of carbonyl (C=O) groups is 1. The molecule has 6 nitrogen and oxygen atoms in total. The van der Waals surface area contributed by atoms with E-state index >= 15 is 0 Å². The summed E-state index contributed by atoms with van der Waals surface area (Å²) in [5.41, 5.74) is 3.10. The van der Waals surface area contributed by atoms with Gasteiger partial charge in [-0.2, -0.15) is 0 Å². The van der Waals surface area contributed by atoms with E-state index in [0.29, 0.717) is 22.8 Å². The van der Waals surface area contributed by atoms with E-state index in [1.807, 2.05) is 24.3 Å². The smallest absolute Gasteiger partial charge is 0.265 e. The zero-order valence-corrected chi connectivity index (χ0v) is 14.9. The lowest BCUT2D eigenvalue weighted by atomic mass is 10.1. The fraction of sp³-hybridized carbons (Fsp3) is 0.200. The van der Waals surface area contributed by atoms with Crippen LogP contribution in [0.1, 0.15) is 22.8 Å². The minimum absolute atomic E-state index is 0.248. The Balaban J connectivity index is 1.82. The van der Waals surface area contributed by atoms with Crippen LogP contribution < -0.4 is 14.8 Å². The Morgan fingerprint density at radius 2 is 1.73 bits per heavy atom. The first-order valence-corrected chi connectivity index (χ1v) is 8.24. The third kappa shape index (κ3) is 3.54. The summed E-state index contributed by atoms with van der Waals surface area (Å²) in [5.74, 6) is 0.675. The van der Waals surface area contributed by atoms with Gasteiger partial charge in [0.2, 0.25) is 5.88 Å². The second-order valence-electron chi connectivity index (χ2n) is 5.62. The molecule has 26 heavy (non-hydrogen) atoms. The van der Waals surface area contributed by atoms with Crippen LogP contribution >= 0.6 is 0 Å². The average molecular weight is 352 g/mol. The number of rotatable bonds is 6. The second kappa shape index (κ2) is 7.74. The summed E-state index contributed by atoms with van der Waals surface area (Å²) in [6, 6.07) is 14.9. The maximum absolute atomic E-state index is 12.6. The van der Waals surface area contributed by atoms with E-state index in [4.69, 9.17) is 14.0 Å². The minimum atomic E-state index is -0.400. The largest absolute Gasteiger partial charge is 0.496 e. The molecule has 0 atom stereocenters. The number of ether oxygens (including phenoxy) is 2. The summed E-state index contributed by atoms with van der Waals surface area (Å²) < 4.78 is 15.8. The molecule has 1 heterocycles. The van der Waals surface area contributed by atoms with Crippen molar-refractivity contribution in [3.05, 3.63) is 59.7 Å². The van der Waals surface area contributed by atoms with Gasteiger partial charge in [-0.05, 0) is 24.1 Å². The van der Waals surface area contributed by atoms with E-state index in [9.17, 15) is 4.79 Å². The summed E-state index contributed by atoms with van der Waals surface area (Å²) in [4.78, 5) is 12.6. The Kier molecular flexibility index (Phi) is 5.22. The number of benzene rings is 2. The van der Waals surface area contributed by atoms with Gasteiger partial charge in [-0.3, -0.25) is 10.1 Å². The van der Waals surface area contributed by atoms with Gasteiger partial charge in [-0.25, -0.2) is 0 Å². The number of amides is 1. The first kappa shape index (κ1) is 17.5. The number of nitrogens with one attached hydrogen (secondary N) is 1. The molecule has 1 N–H and O–H groups in total. The van der Waals surface area contributed by atoms with Crippen LogP contribution in [0, 0.1) is 0 Å². The van der Waals surface area contributed by atoms with Crippen LogP contribution in [0.5, 0.6) is 11.5 Å². The summed E-state index contributed by atoms with van der Waals surface area (Å²) in [6.45, 7) is 2.10. The third-order valence-electron chi connectivity index (χ3n) is 4.06. The van der Waals surface area contributed by atoms with Crippen molar-refractivity contribution in [2.24, 2.45) is 0 Å². The molecule has 0 fully saturated rings. The summed E-state index contributed by atoms with van der Waals surface area (Å²) in [5, 5.41) is 6.71. The monoisotopic (exact) mass is 352 g/mol. The molecule has 1 aromatic heterocycles. The SMILES string of the molecule is CCc1ccc(-c2cc(NC(=O)c3c(OC)cccc3OC)on2)cc1. The molecule has 0 radical (unpaired) electrons. The number of hydrogen-bond donors (Lipinski definition) is 1. The Morgan fingerprint density at radius 3 is 2.31 bits per heavy atom. The Hall–Kier alpha value is -3.28. The van der Waals surface area contributed by atoms with Crippen LogP contribution in [0.3, 0.4) is 0 Å². The van der Waals surface area contributed by atoms with Crippen LogP contribution in [0.25, 0.3) is 11.3 Å². The molecule has 1 amide bonds. The molecular formula is C20H20N2O4. The van der Waals surface area contributed by atoms with Gasteiger partial charge >= 0.3 is 0 Å². The zero-order valence-electron chi connectivity index (χ0n) is 14.9. The van der Waals surface area contributed by atoms with Crippen molar-refractivity contribution in [2.75, 3.05) is 19.5 Å². The fourth-order valence-corrected chi connectivity index (χ4v) is 2.63. The van der Waals surface area contributed by atoms with Crippen molar-refractivity contribution < 1.29 is 18.8 Å². The summed E-state index contributed by atoms with van der Waals surface area (Å²) in [6.07, 6.45) is 0.973. The van der Waals surface area contributed by atoms with Gasteiger partial charge in [-0.1, -0.05) is 42.4 Å². The standard InChI is InChI=1S/C20H20N2O4/c1-4-13-8-10-14(11-9-13)15-12-18(26-22-15)21-20(23)19-16(24-2)6-5-7-17(19)25-3/h5-12H,4H2,1-3H3,(H,21,23). The number of anilines is 1. The molecule has 0 saturated heterocycles. The number of aromatic nitrogens is 1. The molecule has 0 unspecified atom stereocenters. The van der Waals surface area contributed by atoms with Gasteiger partial charge in [0, 0.05) is 11.6 Å². The van der Waals surface area contributed by atoms with Gasteiger partial charge in [0.1, 0.15) is 22.8 Å². The minimum Gasteiger partial charge on any atom is -0.496 e. The van der Waals surface area contributed by atoms with Crippen molar-refractivity contribution in [3.63, 3.8) is 0 Å². The number of carbonyl (C=O) groups excluding carboxylic acids is 1. The van der Waals surface area contributed by atoms with Gasteiger partial charge in [0.05, 0.1) is 14.2 Å². The zero-order chi connectivity index (χ0) is 18.5. The van der Waals surface area contributed by atoms with Crippen LogP contribution in [0.2, 0.25) is 0 Å². The highest BCUT2D eigenvalue weighted by atomic mass is 16.5. The van der Waals surface area contributed by atoms with E-state index in [-0.39, 0.29) is 5.88 Å². The number of hydrogen-bond acceptors (Lipinski definition) is 5. The quantitative estimate of drug-likeness (QED) is 0.721. The highest BCUT2D eigenvalue weighted by Gasteiger charge is 2.20. The van der Waals surface area contributed by atoms with Crippen molar-refractivity contribution in [2.45, 2.75) is 13.3 Å². The Bertz CT molecular complexity index is 878. The van der Waals surface area contributed by atoms with Crippen LogP contribution in [-0.2, 0) is 6.42 Å². The molecule has 134 valence electrons. The predicted molar refractivity (Wildman–Crippen MR) is 98.8 cm³/mol. The van der Waals surface area contributed by atoms with Gasteiger partial charge in [0.15, 0.2) is 0 Å². The van der Waals surface area contributed by atoms with Crippen molar-refractivity contribution >= 4 is 11.8 Å². The molecule has 6 heteroatoms. The maximum Gasteiger partial charge on any atom is 0.265 e. The van der Waals surface area contributed by atoms with Crippen molar-refractivity contribution in [1.82, 2.24) is 5.16 Å². The van der Waals surface area contributed by atoms with E-state index in [2.05, 4.69) is 17.4 Å². The van der Waals surface area contributed by atoms with E-state index in [1.54, 1.807) is 24.3 Å². The molecule has 0 saturated carbocycles. The average Bonchev–Trinajstić information content (AvgIpc) is 3.15. The fourth-order valence-electron chi connectivity index (χ4n) is 2.63. The molecule has 0 aliphatic rings. The van der Waals surface area contributed by atoms with E-state index < -0.39 is 5.91 Å².